The van der Waals surface area contributed by atoms with Crippen LogP contribution in [-0.4, -0.2) is 40.0 Å². The van der Waals surface area contributed by atoms with E-state index in [1.807, 2.05) is 30.3 Å². The maximum absolute atomic E-state index is 15.5. The van der Waals surface area contributed by atoms with Gasteiger partial charge in [0.05, 0.1) is 17.6 Å². The predicted molar refractivity (Wildman–Crippen MR) is 100 cm³/mol. The lowest BCUT2D eigenvalue weighted by molar-refractivity contribution is 0.0925. The molecule has 1 fully saturated rings. The van der Waals surface area contributed by atoms with Crippen LogP contribution in [0.5, 0.6) is 0 Å². The van der Waals surface area contributed by atoms with E-state index in [1.165, 1.54) is 4.90 Å². The summed E-state index contributed by atoms with van der Waals surface area (Å²) in [5.41, 5.74) is 5.44. The van der Waals surface area contributed by atoms with E-state index < -0.39 is 17.7 Å². The Morgan fingerprint density at radius 1 is 1.21 bits per heavy atom. The molecule has 144 valence electrons. The van der Waals surface area contributed by atoms with Gasteiger partial charge in [-0.15, -0.1) is 0 Å². The lowest BCUT2D eigenvalue weighted by atomic mass is 10.1. The SMILES string of the molecule is NC(=O)c1cccc2[nH]c(C3(F)CCN(C(=O)OCc4ccccc4)C3)nc12. The number of imidazole rings is 1. The summed E-state index contributed by atoms with van der Waals surface area (Å²) in [5.74, 6) is -0.552. The molecule has 0 radical (unpaired) electrons. The van der Waals surface area contributed by atoms with Crippen molar-refractivity contribution in [2.75, 3.05) is 13.1 Å². The molecule has 1 aromatic heterocycles. The molecule has 3 N–H and O–H groups in total. The van der Waals surface area contributed by atoms with Gasteiger partial charge in [-0.1, -0.05) is 36.4 Å². The number of para-hydroxylation sites is 1. The van der Waals surface area contributed by atoms with Crippen LogP contribution in [0.25, 0.3) is 11.0 Å². The van der Waals surface area contributed by atoms with E-state index in [1.54, 1.807) is 18.2 Å². The number of fused-ring (bicyclic) bond motifs is 1. The van der Waals surface area contributed by atoms with Crippen LogP contribution in [0.2, 0.25) is 0 Å². The Balaban J connectivity index is 1.49. The van der Waals surface area contributed by atoms with Crippen LogP contribution in [-0.2, 0) is 17.0 Å². The Kier molecular flexibility index (Phi) is 4.46. The Morgan fingerprint density at radius 2 is 2.00 bits per heavy atom. The standard InChI is InChI=1S/C20H19FN4O3/c21-20(18-23-15-8-4-7-14(17(22)26)16(15)24-18)9-10-25(12-20)19(27)28-11-13-5-2-1-3-6-13/h1-8H,9-12H2,(H2,22,26)(H,23,24). The fourth-order valence-corrected chi connectivity index (χ4v) is 3.38. The molecule has 1 aliphatic rings. The number of amides is 2. The van der Waals surface area contributed by atoms with Crippen LogP contribution in [0, 0.1) is 0 Å². The molecule has 1 saturated heterocycles. The van der Waals surface area contributed by atoms with Crippen molar-refractivity contribution in [3.8, 4) is 0 Å². The van der Waals surface area contributed by atoms with E-state index in [0.29, 0.717) is 11.0 Å². The third-order valence-electron chi connectivity index (χ3n) is 4.89. The molecule has 0 aliphatic carbocycles. The van der Waals surface area contributed by atoms with Gasteiger partial charge < -0.3 is 20.4 Å². The topological polar surface area (TPSA) is 101 Å². The van der Waals surface area contributed by atoms with Crippen LogP contribution in [0.3, 0.4) is 0 Å². The van der Waals surface area contributed by atoms with Gasteiger partial charge in [0, 0.05) is 13.0 Å². The summed E-state index contributed by atoms with van der Waals surface area (Å²) < 4.78 is 20.8. The summed E-state index contributed by atoms with van der Waals surface area (Å²) >= 11 is 0. The summed E-state index contributed by atoms with van der Waals surface area (Å²) in [4.78, 5) is 32.4. The molecule has 1 aliphatic heterocycles. The Hall–Kier alpha value is -3.42. The van der Waals surface area contributed by atoms with E-state index >= 15 is 4.39 Å². The molecule has 8 heteroatoms. The summed E-state index contributed by atoms with van der Waals surface area (Å²) in [6, 6.07) is 14.2. The number of nitrogens with one attached hydrogen (secondary N) is 1. The van der Waals surface area contributed by atoms with Crippen LogP contribution in [0.4, 0.5) is 9.18 Å². The number of benzene rings is 2. The molecule has 3 aromatic rings. The normalized spacial score (nSPS) is 19.1. The quantitative estimate of drug-likeness (QED) is 0.724. The van der Waals surface area contributed by atoms with Crippen molar-refractivity contribution in [1.82, 2.24) is 14.9 Å². The highest BCUT2D eigenvalue weighted by molar-refractivity contribution is 6.04. The minimum absolute atomic E-state index is 0.0783. The monoisotopic (exact) mass is 382 g/mol. The molecule has 0 saturated carbocycles. The highest BCUT2D eigenvalue weighted by Crippen LogP contribution is 2.36. The third-order valence-corrected chi connectivity index (χ3v) is 4.89. The summed E-state index contributed by atoms with van der Waals surface area (Å²) in [6.07, 6.45) is -0.489. The van der Waals surface area contributed by atoms with Crippen molar-refractivity contribution in [3.05, 3.63) is 65.5 Å². The molecule has 0 bridgehead atoms. The van der Waals surface area contributed by atoms with Gasteiger partial charge in [0.1, 0.15) is 17.9 Å². The zero-order valence-electron chi connectivity index (χ0n) is 15.0. The number of hydrogen-bond acceptors (Lipinski definition) is 4. The van der Waals surface area contributed by atoms with E-state index in [0.717, 1.165) is 5.56 Å². The highest BCUT2D eigenvalue weighted by atomic mass is 19.1. The third kappa shape index (κ3) is 3.28. The first-order chi connectivity index (χ1) is 13.5. The number of aromatic amines is 1. The van der Waals surface area contributed by atoms with Gasteiger partial charge >= 0.3 is 6.09 Å². The van der Waals surface area contributed by atoms with Crippen LogP contribution in [0.1, 0.15) is 28.2 Å². The number of nitrogens with zero attached hydrogens (tertiary/aromatic N) is 2. The largest absolute Gasteiger partial charge is 0.445 e. The van der Waals surface area contributed by atoms with Crippen molar-refractivity contribution in [1.29, 1.82) is 0 Å². The maximum atomic E-state index is 15.5. The van der Waals surface area contributed by atoms with Crippen LogP contribution >= 0.6 is 0 Å². The minimum Gasteiger partial charge on any atom is -0.445 e. The van der Waals surface area contributed by atoms with E-state index in [4.69, 9.17) is 10.5 Å². The second-order valence-electron chi connectivity index (χ2n) is 6.83. The lowest BCUT2D eigenvalue weighted by Crippen LogP contribution is -2.33. The van der Waals surface area contributed by atoms with Crippen molar-refractivity contribution in [2.45, 2.75) is 18.7 Å². The number of primary amides is 1. The number of likely N-dealkylation sites (tertiary alicyclic amines) is 1. The number of halogens is 1. The summed E-state index contributed by atoms with van der Waals surface area (Å²) in [7, 11) is 0. The minimum atomic E-state index is -1.85. The zero-order valence-corrected chi connectivity index (χ0v) is 15.0. The van der Waals surface area contributed by atoms with Crippen LogP contribution in [0.15, 0.2) is 48.5 Å². The number of alkyl halides is 1. The zero-order chi connectivity index (χ0) is 19.7. The molecule has 0 spiro atoms. The maximum Gasteiger partial charge on any atom is 0.410 e. The van der Waals surface area contributed by atoms with Crippen molar-refractivity contribution in [2.24, 2.45) is 5.73 Å². The second-order valence-corrected chi connectivity index (χ2v) is 6.83. The molecule has 2 heterocycles. The number of nitrogens with two attached hydrogens (primary N) is 1. The van der Waals surface area contributed by atoms with Gasteiger partial charge in [-0.2, -0.15) is 0 Å². The number of H-pyrrole nitrogens is 1. The molecular weight excluding hydrogens is 363 g/mol. The number of carbonyl (C=O) groups is 2. The average molecular weight is 382 g/mol. The Bertz CT molecular complexity index is 1040. The first-order valence-electron chi connectivity index (χ1n) is 8.90. The van der Waals surface area contributed by atoms with Gasteiger partial charge in [-0.05, 0) is 17.7 Å². The number of hydrogen-bond donors (Lipinski definition) is 2. The number of carbonyl (C=O) groups excluding carboxylic acids is 2. The smallest absolute Gasteiger partial charge is 0.410 e. The molecule has 1 atom stereocenters. The van der Waals surface area contributed by atoms with E-state index in [2.05, 4.69) is 9.97 Å². The fraction of sp³-hybridized carbons (Fsp3) is 0.250. The first-order valence-corrected chi connectivity index (χ1v) is 8.90. The van der Waals surface area contributed by atoms with Gasteiger partial charge in [-0.3, -0.25) is 4.79 Å². The number of aromatic nitrogens is 2. The van der Waals surface area contributed by atoms with Gasteiger partial charge in [0.25, 0.3) is 5.91 Å². The lowest BCUT2D eigenvalue weighted by Gasteiger charge is -2.19. The predicted octanol–water partition coefficient (Wildman–Crippen LogP) is 2.87. The van der Waals surface area contributed by atoms with Crippen molar-refractivity contribution in [3.63, 3.8) is 0 Å². The van der Waals surface area contributed by atoms with Crippen LogP contribution < -0.4 is 5.73 Å². The molecule has 7 nitrogen and oxygen atoms in total. The van der Waals surface area contributed by atoms with E-state index in [-0.39, 0.29) is 37.5 Å². The van der Waals surface area contributed by atoms with Gasteiger partial charge in [-0.25, -0.2) is 14.2 Å². The average Bonchev–Trinajstić information content (AvgIpc) is 3.31. The molecular formula is C20H19FN4O3. The molecule has 28 heavy (non-hydrogen) atoms. The van der Waals surface area contributed by atoms with Crippen molar-refractivity contribution >= 4 is 23.0 Å². The second kappa shape index (κ2) is 6.95. The molecule has 1 unspecified atom stereocenters. The molecule has 4 rings (SSSR count). The van der Waals surface area contributed by atoms with Crippen molar-refractivity contribution < 1.29 is 18.7 Å². The fourth-order valence-electron chi connectivity index (χ4n) is 3.38. The Morgan fingerprint density at radius 3 is 2.75 bits per heavy atom. The van der Waals surface area contributed by atoms with E-state index in [9.17, 15) is 9.59 Å². The Labute approximate surface area is 160 Å². The highest BCUT2D eigenvalue weighted by Gasteiger charge is 2.45. The molecule has 2 aromatic carbocycles. The van der Waals surface area contributed by atoms with Gasteiger partial charge in [0.15, 0.2) is 5.67 Å². The molecule has 2 amide bonds. The number of rotatable bonds is 4. The number of ether oxygens (including phenoxy) is 1. The first kappa shape index (κ1) is 18.0. The van der Waals surface area contributed by atoms with Gasteiger partial charge in [0.2, 0.25) is 0 Å². The summed E-state index contributed by atoms with van der Waals surface area (Å²) in [6.45, 7) is 0.165. The summed E-state index contributed by atoms with van der Waals surface area (Å²) in [5, 5.41) is 0.